The first-order chi connectivity index (χ1) is 7.88. The molecule has 0 aliphatic rings. The minimum atomic E-state index is -1.08. The van der Waals surface area contributed by atoms with Gasteiger partial charge in [0.25, 0.3) is 0 Å². The van der Waals surface area contributed by atoms with Crippen LogP contribution in [-0.2, 0) is 29.1 Å². The zero-order valence-electron chi connectivity index (χ0n) is 12.1. The molecular formula is C12H24O4SnZn+2. The molecule has 0 aliphatic heterocycles. The zero-order valence-corrected chi connectivity index (χ0v) is 17.9. The van der Waals surface area contributed by atoms with E-state index in [4.69, 9.17) is 19.8 Å². The van der Waals surface area contributed by atoms with E-state index in [1.807, 2.05) is 0 Å². The van der Waals surface area contributed by atoms with E-state index in [0.29, 0.717) is 0 Å². The summed E-state index contributed by atoms with van der Waals surface area (Å²) < 4.78 is 3.25. The standard InChI is InChI=1S/2C4H9.2C2H4O2.Sn.Zn/c2*1-3-4-2;2*1-2(3)4;;/h2*1,3-4H2,2H3;2*1H3,(H,3,4);;/q;;;;2*+2/p-2. The van der Waals surface area contributed by atoms with Gasteiger partial charge in [0.15, 0.2) is 0 Å². The Bertz CT molecular complexity index is 151. The van der Waals surface area contributed by atoms with Crippen LogP contribution in [0, 0.1) is 0 Å². The van der Waals surface area contributed by atoms with Gasteiger partial charge in [-0.05, 0) is 13.8 Å². The van der Waals surface area contributed by atoms with E-state index in [2.05, 4.69) is 13.8 Å². The summed E-state index contributed by atoms with van der Waals surface area (Å²) in [5, 5.41) is 17.8. The molecule has 0 rings (SSSR count). The number of carboxylic acids is 2. The molecule has 0 aromatic carbocycles. The van der Waals surface area contributed by atoms with Gasteiger partial charge in [0, 0.05) is 11.9 Å². The molecule has 0 unspecified atom stereocenters. The molecule has 0 saturated heterocycles. The molecular weight excluding hydrogens is 392 g/mol. The number of hydrogen-bond donors (Lipinski definition) is 0. The van der Waals surface area contributed by atoms with Crippen molar-refractivity contribution in [2.45, 2.75) is 62.3 Å². The molecule has 0 saturated carbocycles. The first kappa shape index (κ1) is 26.8. The van der Waals surface area contributed by atoms with E-state index in [1.54, 1.807) is 8.87 Å². The minimum Gasteiger partial charge on any atom is 2.00 e. The number of rotatable bonds is 6. The van der Waals surface area contributed by atoms with Crippen LogP contribution < -0.4 is 10.2 Å². The Balaban J connectivity index is -0.0000000922. The molecule has 0 bridgehead atoms. The molecule has 0 radical (unpaired) electrons. The minimum absolute atomic E-state index is 0. The molecule has 0 atom stereocenters. The monoisotopic (exact) mass is 416 g/mol. The van der Waals surface area contributed by atoms with Crippen molar-refractivity contribution in [2.24, 2.45) is 0 Å². The van der Waals surface area contributed by atoms with Crippen molar-refractivity contribution in [3.8, 4) is 0 Å². The van der Waals surface area contributed by atoms with Gasteiger partial charge in [-0.25, -0.2) is 0 Å². The SMILES string of the molecule is CC(=O)[O-].CC(=O)[O-].CCC[CH2][Sn+2][CH2]CCC.[Zn+2]. The van der Waals surface area contributed by atoms with Crippen molar-refractivity contribution >= 4 is 33.1 Å². The summed E-state index contributed by atoms with van der Waals surface area (Å²) in [7, 11) is 0. The van der Waals surface area contributed by atoms with Crippen molar-refractivity contribution < 1.29 is 39.3 Å². The van der Waals surface area contributed by atoms with Gasteiger partial charge in [-0.15, -0.1) is 0 Å². The number of unbranched alkanes of at least 4 members (excludes halogenated alkanes) is 2. The van der Waals surface area contributed by atoms with Gasteiger partial charge in [-0.3, -0.25) is 0 Å². The van der Waals surface area contributed by atoms with E-state index in [0.717, 1.165) is 13.8 Å². The molecule has 0 spiro atoms. The number of aliphatic carboxylic acids is 2. The Morgan fingerprint density at radius 2 is 1.11 bits per heavy atom. The Labute approximate surface area is 134 Å². The van der Waals surface area contributed by atoms with Gasteiger partial charge in [-0.1, -0.05) is 0 Å². The van der Waals surface area contributed by atoms with Crippen molar-refractivity contribution in [3.63, 3.8) is 0 Å². The Morgan fingerprint density at radius 1 is 0.889 bits per heavy atom. The van der Waals surface area contributed by atoms with Crippen LogP contribution in [0.2, 0.25) is 8.87 Å². The summed E-state index contributed by atoms with van der Waals surface area (Å²) in [4.78, 5) is 17.8. The van der Waals surface area contributed by atoms with Crippen molar-refractivity contribution in [1.29, 1.82) is 0 Å². The number of hydrogen-bond acceptors (Lipinski definition) is 4. The van der Waals surface area contributed by atoms with Crippen LogP contribution >= 0.6 is 0 Å². The van der Waals surface area contributed by atoms with Crippen LogP contribution in [0.3, 0.4) is 0 Å². The third kappa shape index (κ3) is 95.4. The Morgan fingerprint density at radius 3 is 1.28 bits per heavy atom. The van der Waals surface area contributed by atoms with Gasteiger partial charge in [0.1, 0.15) is 0 Å². The molecule has 6 heteroatoms. The third-order valence-electron chi connectivity index (χ3n) is 1.41. The van der Waals surface area contributed by atoms with Crippen LogP contribution in [0.1, 0.15) is 53.4 Å². The van der Waals surface area contributed by atoms with Gasteiger partial charge < -0.3 is 19.8 Å². The molecule has 0 aliphatic carbocycles. The molecule has 0 heterocycles. The topological polar surface area (TPSA) is 80.3 Å². The second-order valence-electron chi connectivity index (χ2n) is 3.44. The van der Waals surface area contributed by atoms with E-state index >= 15 is 0 Å². The fourth-order valence-electron chi connectivity index (χ4n) is 0.729. The van der Waals surface area contributed by atoms with E-state index in [-0.39, 0.29) is 40.6 Å². The molecule has 0 aromatic rings. The first-order valence-corrected chi connectivity index (χ1v) is 9.97. The average molecular weight is 416 g/mol. The molecule has 0 fully saturated rings. The fourth-order valence-corrected chi connectivity index (χ4v) is 4.89. The Hall–Kier alpha value is 0.362. The largest absolute Gasteiger partial charge is 2.00 e. The first-order valence-electron chi connectivity index (χ1n) is 5.94. The number of carbonyl (C=O) groups excluding carboxylic acids is 2. The molecule has 18 heavy (non-hydrogen) atoms. The van der Waals surface area contributed by atoms with Gasteiger partial charge in [-0.2, -0.15) is 0 Å². The maximum atomic E-state index is 8.89. The van der Waals surface area contributed by atoms with Crippen molar-refractivity contribution in [1.82, 2.24) is 0 Å². The molecule has 100 valence electrons. The summed E-state index contributed by atoms with van der Waals surface area (Å²) in [6.45, 7) is 6.53. The van der Waals surface area contributed by atoms with Crippen LogP contribution in [0.25, 0.3) is 0 Å². The van der Waals surface area contributed by atoms with E-state index in [9.17, 15) is 0 Å². The predicted molar refractivity (Wildman–Crippen MR) is 66.5 cm³/mol. The van der Waals surface area contributed by atoms with Crippen LogP contribution in [0.4, 0.5) is 0 Å². The maximum absolute atomic E-state index is 8.89. The average Bonchev–Trinajstić information content (AvgIpc) is 2.16. The predicted octanol–water partition coefficient (Wildman–Crippen LogP) is 0.637. The normalized spacial score (nSPS) is 7.33. The van der Waals surface area contributed by atoms with Gasteiger partial charge >= 0.3 is 89.0 Å². The van der Waals surface area contributed by atoms with Gasteiger partial charge in [0.05, 0.1) is 0 Å². The zero-order chi connectivity index (χ0) is 14.1. The summed E-state index contributed by atoms with van der Waals surface area (Å²) in [5.41, 5.74) is 0. The summed E-state index contributed by atoms with van der Waals surface area (Å²) in [6, 6.07) is 0. The quantitative estimate of drug-likeness (QED) is 0.470. The summed E-state index contributed by atoms with van der Waals surface area (Å²) in [5.74, 6) is -2.17. The smallest absolute Gasteiger partial charge is 2.00 e. The van der Waals surface area contributed by atoms with Crippen molar-refractivity contribution in [3.05, 3.63) is 0 Å². The number of carbonyl (C=O) groups is 2. The number of carboxylic acid groups (broad SMARTS) is 2. The van der Waals surface area contributed by atoms with Crippen molar-refractivity contribution in [2.75, 3.05) is 0 Å². The molecule has 0 aromatic heterocycles. The Kier molecular flexibility index (Phi) is 38.8. The van der Waals surface area contributed by atoms with Gasteiger partial charge in [0.2, 0.25) is 0 Å². The molecule has 0 N–H and O–H groups in total. The summed E-state index contributed by atoms with van der Waals surface area (Å²) >= 11 is 0.149. The fraction of sp³-hybridized carbons (Fsp3) is 0.833. The molecule has 0 amide bonds. The second-order valence-corrected chi connectivity index (χ2v) is 7.72. The third-order valence-corrected chi connectivity index (χ3v) is 5.45. The second kappa shape index (κ2) is 26.0. The van der Waals surface area contributed by atoms with Crippen LogP contribution in [-0.4, -0.2) is 33.1 Å². The van der Waals surface area contributed by atoms with Crippen LogP contribution in [0.5, 0.6) is 0 Å². The van der Waals surface area contributed by atoms with Crippen LogP contribution in [0.15, 0.2) is 0 Å². The van der Waals surface area contributed by atoms with E-state index in [1.165, 1.54) is 25.7 Å². The maximum Gasteiger partial charge on any atom is 2.00 e. The summed E-state index contributed by atoms with van der Waals surface area (Å²) in [6.07, 6.45) is 5.84. The van der Waals surface area contributed by atoms with E-state index < -0.39 is 11.9 Å². The molecule has 4 nitrogen and oxygen atoms in total.